The lowest BCUT2D eigenvalue weighted by Crippen LogP contribution is -2.13. The number of hydrogen-bond donors (Lipinski definition) is 2. The summed E-state index contributed by atoms with van der Waals surface area (Å²) in [7, 11) is 0. The molecular weight excluding hydrogens is 406 g/mol. The van der Waals surface area contributed by atoms with Gasteiger partial charge in [-0.3, -0.25) is 14.9 Å². The Labute approximate surface area is 187 Å². The van der Waals surface area contributed by atoms with Gasteiger partial charge in [0.1, 0.15) is 4.88 Å². The van der Waals surface area contributed by atoms with Crippen LogP contribution in [0, 0.1) is 27.7 Å². The Morgan fingerprint density at radius 2 is 1.58 bits per heavy atom. The molecule has 0 saturated heterocycles. The lowest BCUT2D eigenvalue weighted by atomic mass is 10.1. The molecule has 0 aliphatic carbocycles. The van der Waals surface area contributed by atoms with Gasteiger partial charge in [-0.05, 0) is 69.4 Å². The lowest BCUT2D eigenvalue weighted by Gasteiger charge is -2.12. The molecule has 0 saturated carbocycles. The molecule has 0 aliphatic heterocycles. The predicted octanol–water partition coefficient (Wildman–Crippen LogP) is 6.22. The second-order valence-electron chi connectivity index (χ2n) is 7.92. The maximum atomic E-state index is 12.9. The number of rotatable bonds is 7. The monoisotopic (exact) mass is 435 g/mol. The third-order valence-electron chi connectivity index (χ3n) is 5.17. The van der Waals surface area contributed by atoms with Crippen LogP contribution in [0.1, 0.15) is 67.7 Å². The van der Waals surface area contributed by atoms with Gasteiger partial charge in [0.15, 0.2) is 5.13 Å². The van der Waals surface area contributed by atoms with Crippen molar-refractivity contribution in [1.29, 1.82) is 0 Å². The van der Waals surface area contributed by atoms with Gasteiger partial charge in [0.25, 0.3) is 11.8 Å². The summed E-state index contributed by atoms with van der Waals surface area (Å²) < 4.78 is 0. The van der Waals surface area contributed by atoms with E-state index in [0.717, 1.165) is 41.6 Å². The molecule has 0 aliphatic rings. The molecule has 3 rings (SSSR count). The number of nitrogens with zero attached hydrogens (tertiary/aromatic N) is 1. The van der Waals surface area contributed by atoms with Crippen LogP contribution in [0.15, 0.2) is 36.4 Å². The van der Waals surface area contributed by atoms with Gasteiger partial charge in [-0.15, -0.1) is 0 Å². The van der Waals surface area contributed by atoms with Crippen molar-refractivity contribution in [2.24, 2.45) is 0 Å². The smallest absolute Gasteiger partial charge is 0.267 e. The number of unbranched alkanes of at least 4 members (excludes halogenated alkanes) is 1. The van der Waals surface area contributed by atoms with Gasteiger partial charge < -0.3 is 5.32 Å². The standard InChI is InChI=1S/C25H29N3O2S/c1-6-7-8-19-9-11-20(12-10-19)23(29)28-25-26-18(5)22(31-25)24(30)27-21-16(3)13-15(2)14-17(21)4/h9-14H,6-8H2,1-5H3,(H,27,30)(H,26,28,29). The first-order valence-corrected chi connectivity index (χ1v) is 11.4. The van der Waals surface area contributed by atoms with E-state index in [2.05, 4.69) is 22.5 Å². The first-order valence-electron chi connectivity index (χ1n) is 10.6. The highest BCUT2D eigenvalue weighted by Crippen LogP contribution is 2.27. The number of nitrogens with one attached hydrogen (secondary N) is 2. The van der Waals surface area contributed by atoms with E-state index in [4.69, 9.17) is 0 Å². The molecule has 0 unspecified atom stereocenters. The van der Waals surface area contributed by atoms with Crippen molar-refractivity contribution in [2.75, 3.05) is 10.6 Å². The fraction of sp³-hybridized carbons (Fsp3) is 0.320. The molecule has 2 N–H and O–H groups in total. The van der Waals surface area contributed by atoms with E-state index in [9.17, 15) is 9.59 Å². The van der Waals surface area contributed by atoms with E-state index < -0.39 is 0 Å². The SMILES string of the molecule is CCCCc1ccc(C(=O)Nc2nc(C)c(C(=O)Nc3c(C)cc(C)cc3C)s2)cc1. The molecule has 2 amide bonds. The van der Waals surface area contributed by atoms with Crippen molar-refractivity contribution in [3.05, 3.63) is 74.8 Å². The average molecular weight is 436 g/mol. The third kappa shape index (κ3) is 5.58. The second kappa shape index (κ2) is 9.88. The van der Waals surface area contributed by atoms with Gasteiger partial charge in [-0.25, -0.2) is 4.98 Å². The molecule has 0 spiro atoms. The number of benzene rings is 2. The van der Waals surface area contributed by atoms with Crippen LogP contribution in [0.2, 0.25) is 0 Å². The van der Waals surface area contributed by atoms with Crippen LogP contribution in [0.25, 0.3) is 0 Å². The molecule has 0 atom stereocenters. The number of carbonyl (C=O) groups is 2. The van der Waals surface area contributed by atoms with Crippen LogP contribution in [0.4, 0.5) is 10.8 Å². The Hall–Kier alpha value is -2.99. The summed E-state index contributed by atoms with van der Waals surface area (Å²) in [6.07, 6.45) is 3.30. The van der Waals surface area contributed by atoms with Gasteiger partial charge in [0, 0.05) is 11.3 Å². The fourth-order valence-corrected chi connectivity index (χ4v) is 4.44. The summed E-state index contributed by atoms with van der Waals surface area (Å²) in [5.41, 5.74) is 6.40. The van der Waals surface area contributed by atoms with Gasteiger partial charge in [-0.1, -0.05) is 54.5 Å². The highest BCUT2D eigenvalue weighted by Gasteiger charge is 2.18. The van der Waals surface area contributed by atoms with E-state index in [-0.39, 0.29) is 11.8 Å². The van der Waals surface area contributed by atoms with E-state index in [1.54, 1.807) is 6.92 Å². The Morgan fingerprint density at radius 3 is 2.19 bits per heavy atom. The van der Waals surface area contributed by atoms with Crippen LogP contribution < -0.4 is 10.6 Å². The molecule has 0 radical (unpaired) electrons. The van der Waals surface area contributed by atoms with Crippen molar-refractivity contribution in [3.8, 4) is 0 Å². The van der Waals surface area contributed by atoms with Crippen molar-refractivity contribution >= 4 is 34.0 Å². The fourth-order valence-electron chi connectivity index (χ4n) is 3.58. The summed E-state index contributed by atoms with van der Waals surface area (Å²) in [6, 6.07) is 11.7. The molecule has 31 heavy (non-hydrogen) atoms. The number of aryl methyl sites for hydroxylation is 5. The number of amides is 2. The number of carbonyl (C=O) groups excluding carboxylic acids is 2. The van der Waals surface area contributed by atoms with Crippen LogP contribution in [-0.4, -0.2) is 16.8 Å². The molecule has 1 aromatic heterocycles. The van der Waals surface area contributed by atoms with Gasteiger partial charge in [-0.2, -0.15) is 0 Å². The number of hydrogen-bond acceptors (Lipinski definition) is 4. The van der Waals surface area contributed by atoms with E-state index >= 15 is 0 Å². The molecule has 6 heteroatoms. The van der Waals surface area contributed by atoms with Crippen molar-refractivity contribution in [3.63, 3.8) is 0 Å². The summed E-state index contributed by atoms with van der Waals surface area (Å²) in [5, 5.41) is 6.24. The first-order chi connectivity index (χ1) is 14.8. The number of thiazole rings is 1. The van der Waals surface area contributed by atoms with Crippen LogP contribution in [0.5, 0.6) is 0 Å². The van der Waals surface area contributed by atoms with Gasteiger partial charge in [0.2, 0.25) is 0 Å². The van der Waals surface area contributed by atoms with Crippen LogP contribution >= 0.6 is 11.3 Å². The lowest BCUT2D eigenvalue weighted by molar-refractivity contribution is 0.102. The summed E-state index contributed by atoms with van der Waals surface area (Å²) in [5.74, 6) is -0.446. The van der Waals surface area contributed by atoms with E-state index in [1.165, 1.54) is 16.9 Å². The van der Waals surface area contributed by atoms with Crippen molar-refractivity contribution < 1.29 is 9.59 Å². The minimum absolute atomic E-state index is 0.217. The van der Waals surface area contributed by atoms with Crippen LogP contribution in [0.3, 0.4) is 0 Å². The van der Waals surface area contributed by atoms with Crippen LogP contribution in [-0.2, 0) is 6.42 Å². The highest BCUT2D eigenvalue weighted by molar-refractivity contribution is 7.17. The maximum Gasteiger partial charge on any atom is 0.267 e. The molecule has 3 aromatic rings. The van der Waals surface area contributed by atoms with Crippen molar-refractivity contribution in [2.45, 2.75) is 53.9 Å². The minimum atomic E-state index is -0.229. The molecule has 1 heterocycles. The molecule has 0 bridgehead atoms. The van der Waals surface area contributed by atoms with E-state index in [1.807, 2.05) is 57.2 Å². The minimum Gasteiger partial charge on any atom is -0.321 e. The Kier molecular flexibility index (Phi) is 7.23. The highest BCUT2D eigenvalue weighted by atomic mass is 32.1. The maximum absolute atomic E-state index is 12.9. The average Bonchev–Trinajstić information content (AvgIpc) is 3.09. The number of anilines is 2. The molecule has 162 valence electrons. The molecule has 5 nitrogen and oxygen atoms in total. The second-order valence-corrected chi connectivity index (χ2v) is 8.92. The normalized spacial score (nSPS) is 10.7. The molecule has 2 aromatic carbocycles. The Bertz CT molecular complexity index is 1080. The quantitative estimate of drug-likeness (QED) is 0.462. The van der Waals surface area contributed by atoms with Crippen molar-refractivity contribution in [1.82, 2.24) is 4.98 Å². The largest absolute Gasteiger partial charge is 0.321 e. The molecule has 0 fully saturated rings. The predicted molar refractivity (Wildman–Crippen MR) is 128 cm³/mol. The Balaban J connectivity index is 1.70. The Morgan fingerprint density at radius 1 is 0.935 bits per heavy atom. The summed E-state index contributed by atoms with van der Waals surface area (Å²) >= 11 is 1.18. The molecular formula is C25H29N3O2S. The number of aromatic nitrogens is 1. The first kappa shape index (κ1) is 22.7. The summed E-state index contributed by atoms with van der Waals surface area (Å²) in [4.78, 5) is 30.3. The zero-order valence-corrected chi connectivity index (χ0v) is 19.6. The van der Waals surface area contributed by atoms with E-state index in [0.29, 0.717) is 21.3 Å². The van der Waals surface area contributed by atoms with Gasteiger partial charge in [0.05, 0.1) is 5.69 Å². The third-order valence-corrected chi connectivity index (χ3v) is 6.25. The zero-order chi connectivity index (χ0) is 22.5. The topological polar surface area (TPSA) is 71.1 Å². The van der Waals surface area contributed by atoms with Gasteiger partial charge >= 0.3 is 0 Å². The zero-order valence-electron chi connectivity index (χ0n) is 18.8. The summed E-state index contributed by atoms with van der Waals surface area (Å²) in [6.45, 7) is 9.93.